The molecule has 0 saturated carbocycles. The van der Waals surface area contributed by atoms with E-state index >= 15 is 0 Å². The van der Waals surface area contributed by atoms with Crippen molar-refractivity contribution in [2.24, 2.45) is 0 Å². The van der Waals surface area contributed by atoms with Crippen molar-refractivity contribution < 1.29 is 8.42 Å². The molecule has 0 aliphatic carbocycles. The van der Waals surface area contributed by atoms with E-state index in [4.69, 9.17) is 0 Å². The SMILES string of the molecule is CC1(S(C)(=O)=O)CN(c2ccccc2)c2ccccc2S1. The molecule has 110 valence electrons. The van der Waals surface area contributed by atoms with Gasteiger partial charge in [-0.2, -0.15) is 0 Å². The second kappa shape index (κ2) is 5.07. The molecule has 2 aromatic carbocycles. The Morgan fingerprint density at radius 3 is 2.33 bits per heavy atom. The average Bonchev–Trinajstić information content (AvgIpc) is 2.46. The Morgan fingerprint density at radius 2 is 1.67 bits per heavy atom. The van der Waals surface area contributed by atoms with Crippen LogP contribution in [0.25, 0.3) is 0 Å². The fourth-order valence-electron chi connectivity index (χ4n) is 2.43. The third-order valence-electron chi connectivity index (χ3n) is 3.78. The summed E-state index contributed by atoms with van der Waals surface area (Å²) in [6.07, 6.45) is 1.32. The molecule has 0 bridgehead atoms. The summed E-state index contributed by atoms with van der Waals surface area (Å²) in [4.78, 5) is 3.09. The highest BCUT2D eigenvalue weighted by atomic mass is 32.3. The van der Waals surface area contributed by atoms with Gasteiger partial charge in [0.1, 0.15) is 4.08 Å². The fourth-order valence-corrected chi connectivity index (χ4v) is 4.76. The second-order valence-corrected chi connectivity index (χ2v) is 9.65. The molecular formula is C16H17NO2S2. The number of benzene rings is 2. The van der Waals surface area contributed by atoms with E-state index in [1.54, 1.807) is 6.92 Å². The Bertz CT molecular complexity index is 759. The van der Waals surface area contributed by atoms with Crippen LogP contribution in [0.5, 0.6) is 0 Å². The smallest absolute Gasteiger partial charge is 0.164 e. The van der Waals surface area contributed by atoms with E-state index in [-0.39, 0.29) is 0 Å². The number of nitrogens with zero attached hydrogens (tertiary/aromatic N) is 1. The standard InChI is InChI=1S/C16H17NO2S2/c1-16(21(2,18)19)12-17(13-8-4-3-5-9-13)14-10-6-7-11-15(14)20-16/h3-11H,12H2,1-2H3. The van der Waals surface area contributed by atoms with Crippen LogP contribution >= 0.6 is 11.8 Å². The molecular weight excluding hydrogens is 302 g/mol. The van der Waals surface area contributed by atoms with Crippen molar-refractivity contribution in [1.82, 2.24) is 0 Å². The molecule has 3 nitrogen and oxygen atoms in total. The van der Waals surface area contributed by atoms with Crippen molar-refractivity contribution in [1.29, 1.82) is 0 Å². The highest BCUT2D eigenvalue weighted by Gasteiger charge is 2.43. The zero-order chi connectivity index (χ0) is 15.1. The molecule has 21 heavy (non-hydrogen) atoms. The first-order valence-electron chi connectivity index (χ1n) is 6.71. The molecule has 0 saturated heterocycles. The average molecular weight is 319 g/mol. The maximum absolute atomic E-state index is 12.2. The van der Waals surface area contributed by atoms with Gasteiger partial charge >= 0.3 is 0 Å². The van der Waals surface area contributed by atoms with Crippen LogP contribution in [-0.4, -0.2) is 25.3 Å². The highest BCUT2D eigenvalue weighted by molar-refractivity contribution is 8.14. The minimum Gasteiger partial charge on any atom is -0.338 e. The molecule has 1 aliphatic rings. The molecule has 1 atom stereocenters. The maximum Gasteiger partial charge on any atom is 0.164 e. The van der Waals surface area contributed by atoms with E-state index in [0.29, 0.717) is 6.54 Å². The first-order valence-corrected chi connectivity index (χ1v) is 9.42. The number of hydrogen-bond acceptors (Lipinski definition) is 4. The molecule has 0 N–H and O–H groups in total. The first-order chi connectivity index (χ1) is 9.91. The Balaban J connectivity index is 2.16. The van der Waals surface area contributed by atoms with E-state index in [9.17, 15) is 8.42 Å². The molecule has 5 heteroatoms. The third kappa shape index (κ3) is 2.56. The van der Waals surface area contributed by atoms with Gasteiger partial charge in [0.2, 0.25) is 0 Å². The van der Waals surface area contributed by atoms with Crippen LogP contribution < -0.4 is 4.90 Å². The van der Waals surface area contributed by atoms with Gasteiger partial charge in [0, 0.05) is 16.8 Å². The molecule has 3 rings (SSSR count). The normalized spacial score (nSPS) is 21.9. The lowest BCUT2D eigenvalue weighted by molar-refractivity contribution is 0.581. The molecule has 1 unspecified atom stereocenters. The first kappa shape index (κ1) is 14.5. The predicted octanol–water partition coefficient (Wildman–Crippen LogP) is 3.69. The van der Waals surface area contributed by atoms with E-state index in [2.05, 4.69) is 4.90 Å². The van der Waals surface area contributed by atoms with Gasteiger partial charge in [-0.25, -0.2) is 8.42 Å². The van der Waals surface area contributed by atoms with E-state index < -0.39 is 13.9 Å². The third-order valence-corrected chi connectivity index (χ3v) is 7.76. The van der Waals surface area contributed by atoms with Gasteiger partial charge in [-0.3, -0.25) is 0 Å². The largest absolute Gasteiger partial charge is 0.338 e. The quantitative estimate of drug-likeness (QED) is 0.846. The summed E-state index contributed by atoms with van der Waals surface area (Å²) in [5.74, 6) is 0. The van der Waals surface area contributed by atoms with Gasteiger partial charge in [-0.1, -0.05) is 42.1 Å². The summed E-state index contributed by atoms with van der Waals surface area (Å²) >= 11 is 1.44. The highest BCUT2D eigenvalue weighted by Crippen LogP contribution is 2.48. The lowest BCUT2D eigenvalue weighted by Gasteiger charge is -2.40. The minimum absolute atomic E-state index is 0.442. The summed E-state index contributed by atoms with van der Waals surface area (Å²) < 4.78 is 23.6. The number of para-hydroxylation sites is 2. The Hall–Kier alpha value is -1.46. The number of sulfone groups is 1. The summed E-state index contributed by atoms with van der Waals surface area (Å²) in [6.45, 7) is 2.25. The van der Waals surface area contributed by atoms with Crippen molar-refractivity contribution >= 4 is 33.0 Å². The van der Waals surface area contributed by atoms with Crippen LogP contribution in [0.1, 0.15) is 6.92 Å². The fraction of sp³-hybridized carbons (Fsp3) is 0.250. The molecule has 0 amide bonds. The van der Waals surface area contributed by atoms with Crippen molar-refractivity contribution in [2.45, 2.75) is 15.9 Å². The van der Waals surface area contributed by atoms with Crippen LogP contribution in [0.3, 0.4) is 0 Å². The van der Waals surface area contributed by atoms with E-state index in [1.165, 1.54) is 18.0 Å². The van der Waals surface area contributed by atoms with Crippen LogP contribution in [-0.2, 0) is 9.84 Å². The van der Waals surface area contributed by atoms with Crippen LogP contribution in [0.15, 0.2) is 59.5 Å². The van der Waals surface area contributed by atoms with Crippen molar-refractivity contribution in [3.63, 3.8) is 0 Å². The van der Waals surface area contributed by atoms with Crippen LogP contribution in [0.2, 0.25) is 0 Å². The van der Waals surface area contributed by atoms with Crippen molar-refractivity contribution in [3.05, 3.63) is 54.6 Å². The molecule has 1 heterocycles. The maximum atomic E-state index is 12.2. The van der Waals surface area contributed by atoms with Gasteiger partial charge < -0.3 is 4.90 Å². The number of thioether (sulfide) groups is 1. The van der Waals surface area contributed by atoms with Gasteiger partial charge in [0.25, 0.3) is 0 Å². The lowest BCUT2D eigenvalue weighted by Crippen LogP contribution is -2.44. The molecule has 0 fully saturated rings. The number of fused-ring (bicyclic) bond motifs is 1. The topological polar surface area (TPSA) is 37.4 Å². The predicted molar refractivity (Wildman–Crippen MR) is 89.0 cm³/mol. The molecule has 1 aliphatic heterocycles. The van der Waals surface area contributed by atoms with Crippen molar-refractivity contribution in [2.75, 3.05) is 17.7 Å². The minimum atomic E-state index is -3.19. The number of hydrogen-bond donors (Lipinski definition) is 0. The van der Waals surface area contributed by atoms with Crippen LogP contribution in [0.4, 0.5) is 11.4 Å². The summed E-state index contributed by atoms with van der Waals surface area (Å²) in [6, 6.07) is 17.9. The summed E-state index contributed by atoms with van der Waals surface area (Å²) in [7, 11) is -3.19. The second-order valence-electron chi connectivity index (χ2n) is 5.40. The Labute approximate surface area is 129 Å². The number of anilines is 2. The Kier molecular flexibility index (Phi) is 3.50. The lowest BCUT2D eigenvalue weighted by atomic mass is 10.2. The Morgan fingerprint density at radius 1 is 1.05 bits per heavy atom. The zero-order valence-electron chi connectivity index (χ0n) is 12.0. The summed E-state index contributed by atoms with van der Waals surface area (Å²) in [5.41, 5.74) is 2.08. The summed E-state index contributed by atoms with van der Waals surface area (Å²) in [5, 5.41) is 0. The molecule has 0 radical (unpaired) electrons. The van der Waals surface area contributed by atoms with Gasteiger partial charge in [0.15, 0.2) is 9.84 Å². The van der Waals surface area contributed by atoms with E-state index in [0.717, 1.165) is 16.3 Å². The molecule has 2 aromatic rings. The molecule has 0 aromatic heterocycles. The van der Waals surface area contributed by atoms with Gasteiger partial charge in [0.05, 0.1) is 12.2 Å². The zero-order valence-corrected chi connectivity index (χ0v) is 13.6. The van der Waals surface area contributed by atoms with Crippen molar-refractivity contribution in [3.8, 4) is 0 Å². The van der Waals surface area contributed by atoms with Gasteiger partial charge in [-0.15, -0.1) is 0 Å². The van der Waals surface area contributed by atoms with Gasteiger partial charge in [-0.05, 0) is 31.2 Å². The molecule has 0 spiro atoms. The number of rotatable bonds is 2. The van der Waals surface area contributed by atoms with E-state index in [1.807, 2.05) is 54.6 Å². The van der Waals surface area contributed by atoms with Crippen LogP contribution in [0, 0.1) is 0 Å². The monoisotopic (exact) mass is 319 g/mol.